The van der Waals surface area contributed by atoms with Crippen LogP contribution in [0.25, 0.3) is 10.8 Å². The zero-order chi connectivity index (χ0) is 18.8. The Bertz CT molecular complexity index is 1070. The Balaban J connectivity index is 1.63. The summed E-state index contributed by atoms with van der Waals surface area (Å²) in [6, 6.07) is 23.3. The van der Waals surface area contributed by atoms with Crippen molar-refractivity contribution in [2.75, 3.05) is 11.4 Å². The van der Waals surface area contributed by atoms with Gasteiger partial charge in [0.25, 0.3) is 0 Å². The third kappa shape index (κ3) is 2.00. The number of anilines is 1. The number of hydrogen-bond donors (Lipinski definition) is 0. The Morgan fingerprint density at radius 3 is 2.44 bits per heavy atom. The standard InChI is InChI=1S/C24H24N2O/c1-23(2)20-13-6-7-14-21(20)25-16-22(27)26(24(23,25)3)15-18-11-8-10-17-9-4-5-12-19(17)18/h4-14H,15-16H2,1-3H3/t24-/m1/s1. The second-order valence-corrected chi connectivity index (χ2v) is 8.37. The summed E-state index contributed by atoms with van der Waals surface area (Å²) in [7, 11) is 0. The summed E-state index contributed by atoms with van der Waals surface area (Å²) in [6.45, 7) is 7.83. The summed E-state index contributed by atoms with van der Waals surface area (Å²) in [5, 5.41) is 2.45. The van der Waals surface area contributed by atoms with Gasteiger partial charge in [-0.3, -0.25) is 4.79 Å². The molecule has 0 N–H and O–H groups in total. The highest BCUT2D eigenvalue weighted by Gasteiger charge is 2.62. The summed E-state index contributed by atoms with van der Waals surface area (Å²) >= 11 is 0. The van der Waals surface area contributed by atoms with E-state index in [2.05, 4.69) is 97.3 Å². The van der Waals surface area contributed by atoms with Gasteiger partial charge in [-0.2, -0.15) is 0 Å². The molecule has 0 spiro atoms. The molecule has 3 heteroatoms. The van der Waals surface area contributed by atoms with Gasteiger partial charge in [0.05, 0.1) is 6.54 Å². The highest BCUT2D eigenvalue weighted by Crippen LogP contribution is 2.55. The van der Waals surface area contributed by atoms with Gasteiger partial charge in [-0.1, -0.05) is 74.5 Å². The molecule has 0 unspecified atom stereocenters. The second-order valence-electron chi connectivity index (χ2n) is 8.37. The molecule has 2 heterocycles. The van der Waals surface area contributed by atoms with Gasteiger partial charge in [0.1, 0.15) is 5.66 Å². The van der Waals surface area contributed by atoms with E-state index >= 15 is 0 Å². The minimum Gasteiger partial charge on any atom is -0.338 e. The van der Waals surface area contributed by atoms with Crippen LogP contribution in [0.4, 0.5) is 5.69 Å². The first-order chi connectivity index (χ1) is 12.9. The fourth-order valence-corrected chi connectivity index (χ4v) is 5.09. The Morgan fingerprint density at radius 1 is 0.889 bits per heavy atom. The average Bonchev–Trinajstić information content (AvgIpc) is 3.03. The summed E-state index contributed by atoms with van der Waals surface area (Å²) in [5.74, 6) is 0.202. The molecule has 0 bridgehead atoms. The Kier molecular flexibility index (Phi) is 3.24. The number of carbonyl (C=O) groups is 1. The normalized spacial score (nSPS) is 23.0. The van der Waals surface area contributed by atoms with E-state index in [0.29, 0.717) is 13.1 Å². The summed E-state index contributed by atoms with van der Waals surface area (Å²) in [4.78, 5) is 17.5. The van der Waals surface area contributed by atoms with E-state index in [1.54, 1.807) is 0 Å². The molecule has 1 fully saturated rings. The van der Waals surface area contributed by atoms with E-state index in [1.807, 2.05) is 0 Å². The van der Waals surface area contributed by atoms with Crippen molar-refractivity contribution in [2.45, 2.75) is 38.4 Å². The maximum atomic E-state index is 13.1. The maximum absolute atomic E-state index is 13.1. The fraction of sp³-hybridized carbons (Fsp3) is 0.292. The monoisotopic (exact) mass is 356 g/mol. The van der Waals surface area contributed by atoms with Gasteiger partial charge in [0.2, 0.25) is 5.91 Å². The molecule has 2 aliphatic rings. The molecular weight excluding hydrogens is 332 g/mol. The van der Waals surface area contributed by atoms with E-state index in [9.17, 15) is 4.79 Å². The Morgan fingerprint density at radius 2 is 1.59 bits per heavy atom. The van der Waals surface area contributed by atoms with E-state index in [1.165, 1.54) is 27.6 Å². The topological polar surface area (TPSA) is 23.6 Å². The molecule has 0 aromatic heterocycles. The van der Waals surface area contributed by atoms with Crippen molar-refractivity contribution < 1.29 is 4.79 Å². The van der Waals surface area contributed by atoms with E-state index in [4.69, 9.17) is 0 Å². The van der Waals surface area contributed by atoms with Crippen LogP contribution in [-0.2, 0) is 16.8 Å². The number of benzene rings is 3. The van der Waals surface area contributed by atoms with Gasteiger partial charge in [0.15, 0.2) is 0 Å². The molecular formula is C24H24N2O. The van der Waals surface area contributed by atoms with E-state index in [0.717, 1.165) is 0 Å². The first-order valence-electron chi connectivity index (χ1n) is 9.59. The molecule has 136 valence electrons. The minimum absolute atomic E-state index is 0.152. The number of hydrogen-bond acceptors (Lipinski definition) is 2. The fourth-order valence-electron chi connectivity index (χ4n) is 5.09. The largest absolute Gasteiger partial charge is 0.338 e. The molecule has 2 aliphatic heterocycles. The molecule has 0 aliphatic carbocycles. The number of rotatable bonds is 2. The van der Waals surface area contributed by atoms with Crippen LogP contribution < -0.4 is 4.90 Å². The van der Waals surface area contributed by atoms with Gasteiger partial charge in [0, 0.05) is 17.6 Å². The van der Waals surface area contributed by atoms with Crippen molar-refractivity contribution in [2.24, 2.45) is 0 Å². The highest BCUT2D eigenvalue weighted by atomic mass is 16.2. The van der Waals surface area contributed by atoms with Crippen molar-refractivity contribution in [1.82, 2.24) is 4.90 Å². The highest BCUT2D eigenvalue weighted by molar-refractivity contribution is 5.91. The Labute approximate surface area is 160 Å². The van der Waals surface area contributed by atoms with Crippen molar-refractivity contribution in [3.05, 3.63) is 77.9 Å². The number of fused-ring (bicyclic) bond motifs is 4. The summed E-state index contributed by atoms with van der Waals surface area (Å²) in [5.41, 5.74) is 3.20. The van der Waals surface area contributed by atoms with Gasteiger partial charge < -0.3 is 9.80 Å². The van der Waals surface area contributed by atoms with Crippen LogP contribution in [0.1, 0.15) is 31.9 Å². The van der Waals surface area contributed by atoms with E-state index < -0.39 is 0 Å². The molecule has 0 radical (unpaired) electrons. The lowest BCUT2D eigenvalue weighted by molar-refractivity contribution is -0.132. The summed E-state index contributed by atoms with van der Waals surface area (Å²) in [6.07, 6.45) is 0. The van der Waals surface area contributed by atoms with Crippen molar-refractivity contribution in [3.63, 3.8) is 0 Å². The maximum Gasteiger partial charge on any atom is 0.244 e. The van der Waals surface area contributed by atoms with Crippen molar-refractivity contribution in [1.29, 1.82) is 0 Å². The number of nitrogens with zero attached hydrogens (tertiary/aromatic N) is 2. The van der Waals surface area contributed by atoms with Gasteiger partial charge in [-0.25, -0.2) is 0 Å². The second kappa shape index (κ2) is 5.35. The number of amides is 1. The molecule has 3 aromatic carbocycles. The quantitative estimate of drug-likeness (QED) is 0.665. The first-order valence-corrected chi connectivity index (χ1v) is 9.59. The lowest BCUT2D eigenvalue weighted by Gasteiger charge is -2.46. The molecule has 1 saturated heterocycles. The zero-order valence-electron chi connectivity index (χ0n) is 16.1. The van der Waals surface area contributed by atoms with Crippen molar-refractivity contribution in [3.8, 4) is 0 Å². The predicted octanol–water partition coefficient (Wildman–Crippen LogP) is 4.70. The zero-order valence-corrected chi connectivity index (χ0v) is 16.1. The number of para-hydroxylation sites is 1. The SMILES string of the molecule is CC1(C)c2ccccc2N2CC(=O)N(Cc3cccc4ccccc34)[C@@]21C. The van der Waals surface area contributed by atoms with E-state index in [-0.39, 0.29) is 17.0 Å². The van der Waals surface area contributed by atoms with Crippen molar-refractivity contribution >= 4 is 22.4 Å². The van der Waals surface area contributed by atoms with Gasteiger partial charge >= 0.3 is 0 Å². The van der Waals surface area contributed by atoms with Crippen LogP contribution in [0.15, 0.2) is 66.7 Å². The van der Waals surface area contributed by atoms with Crippen LogP contribution in [0.2, 0.25) is 0 Å². The molecule has 1 amide bonds. The molecule has 3 aromatic rings. The van der Waals surface area contributed by atoms with Crippen LogP contribution in [-0.4, -0.2) is 23.0 Å². The lowest BCUT2D eigenvalue weighted by atomic mass is 9.76. The summed E-state index contributed by atoms with van der Waals surface area (Å²) < 4.78 is 0. The van der Waals surface area contributed by atoms with Gasteiger partial charge in [-0.15, -0.1) is 0 Å². The first kappa shape index (κ1) is 16.4. The number of carbonyl (C=O) groups excluding carboxylic acids is 1. The third-order valence-electron chi connectivity index (χ3n) is 6.91. The molecule has 27 heavy (non-hydrogen) atoms. The van der Waals surface area contributed by atoms with Crippen LogP contribution >= 0.6 is 0 Å². The minimum atomic E-state index is -0.370. The molecule has 5 rings (SSSR count). The van der Waals surface area contributed by atoms with Crippen LogP contribution in [0, 0.1) is 0 Å². The predicted molar refractivity (Wildman–Crippen MR) is 110 cm³/mol. The smallest absolute Gasteiger partial charge is 0.244 e. The van der Waals surface area contributed by atoms with Crippen LogP contribution in [0.5, 0.6) is 0 Å². The molecule has 1 atom stereocenters. The third-order valence-corrected chi connectivity index (χ3v) is 6.91. The Hall–Kier alpha value is -2.81. The molecule has 3 nitrogen and oxygen atoms in total. The molecule has 0 saturated carbocycles. The van der Waals surface area contributed by atoms with Gasteiger partial charge in [-0.05, 0) is 34.9 Å². The van der Waals surface area contributed by atoms with Crippen LogP contribution in [0.3, 0.4) is 0 Å². The lowest BCUT2D eigenvalue weighted by Crippen LogP contribution is -2.59. The average molecular weight is 356 g/mol.